The second kappa shape index (κ2) is 4.30. The Morgan fingerprint density at radius 2 is 1.94 bits per heavy atom. The average Bonchev–Trinajstić information content (AvgIpc) is 2.71. The molecule has 0 radical (unpaired) electrons. The summed E-state index contributed by atoms with van der Waals surface area (Å²) in [6.07, 6.45) is 14.4. The lowest BCUT2D eigenvalue weighted by molar-refractivity contribution is 0.683. The van der Waals surface area contributed by atoms with Crippen molar-refractivity contribution in [2.24, 2.45) is 5.92 Å². The topological polar surface area (TPSA) is 16.1 Å². The van der Waals surface area contributed by atoms with E-state index in [1.54, 1.807) is 0 Å². The Balaban J connectivity index is 2.09. The largest absolute Gasteiger partial charge is 0.337 e. The van der Waals surface area contributed by atoms with E-state index in [1.165, 1.54) is 17.0 Å². The molecule has 1 aromatic rings. The summed E-state index contributed by atoms with van der Waals surface area (Å²) in [6.45, 7) is 6.12. The summed E-state index contributed by atoms with van der Waals surface area (Å²) in [5, 5.41) is 0. The van der Waals surface area contributed by atoms with Gasteiger partial charge in [-0.1, -0.05) is 37.0 Å². The maximum absolute atomic E-state index is 4.09. The second-order valence-corrected chi connectivity index (χ2v) is 4.61. The lowest BCUT2D eigenvalue weighted by Crippen LogP contribution is -2.32. The lowest BCUT2D eigenvalue weighted by atomic mass is 9.90. The quantitative estimate of drug-likeness (QED) is 0.781. The fraction of sp³-hybridized carbons (Fsp3) is 0.188. The van der Waals surface area contributed by atoms with Crippen LogP contribution in [0.5, 0.6) is 0 Å². The summed E-state index contributed by atoms with van der Waals surface area (Å²) in [5.41, 5.74) is 3.79. The first-order chi connectivity index (χ1) is 8.83. The van der Waals surface area contributed by atoms with Crippen LogP contribution in [0.1, 0.15) is 6.92 Å². The molecular weight excluding hydrogens is 220 g/mol. The molecule has 2 heterocycles. The van der Waals surface area contributed by atoms with E-state index in [2.05, 4.69) is 59.8 Å². The van der Waals surface area contributed by atoms with E-state index in [4.69, 9.17) is 0 Å². The first kappa shape index (κ1) is 11.0. The second-order valence-electron chi connectivity index (χ2n) is 4.61. The zero-order chi connectivity index (χ0) is 12.5. The third-order valence-electron chi connectivity index (χ3n) is 3.70. The number of anilines is 1. The van der Waals surface area contributed by atoms with Gasteiger partial charge in [-0.05, 0) is 24.6 Å². The molecule has 2 nitrogen and oxygen atoms in total. The standard InChI is InChI=1S/C16H16N2/c1-3-14-12(2)18(13-8-10-17-11-9-13)16-7-5-4-6-15(14)16/h3-11,15-16H,1H2,2H3. The van der Waals surface area contributed by atoms with Gasteiger partial charge in [0.2, 0.25) is 0 Å². The minimum Gasteiger partial charge on any atom is -0.337 e. The van der Waals surface area contributed by atoms with Crippen molar-refractivity contribution in [3.05, 3.63) is 72.8 Å². The summed E-state index contributed by atoms with van der Waals surface area (Å²) in [7, 11) is 0. The Morgan fingerprint density at radius 3 is 2.67 bits per heavy atom. The Kier molecular flexibility index (Phi) is 2.63. The SMILES string of the molecule is C=CC1=C(C)N(c2ccncc2)C2C=CC=CC12. The van der Waals surface area contributed by atoms with Gasteiger partial charge < -0.3 is 4.90 Å². The fourth-order valence-corrected chi connectivity index (χ4v) is 2.89. The first-order valence-corrected chi connectivity index (χ1v) is 6.20. The molecule has 0 N–H and O–H groups in total. The maximum atomic E-state index is 4.09. The van der Waals surface area contributed by atoms with E-state index >= 15 is 0 Å². The van der Waals surface area contributed by atoms with E-state index in [-0.39, 0.29) is 0 Å². The van der Waals surface area contributed by atoms with Gasteiger partial charge >= 0.3 is 0 Å². The van der Waals surface area contributed by atoms with Gasteiger partial charge in [0.1, 0.15) is 0 Å². The Hall–Kier alpha value is -2.09. The molecule has 0 fully saturated rings. The van der Waals surface area contributed by atoms with Crippen molar-refractivity contribution in [2.75, 3.05) is 4.90 Å². The highest BCUT2D eigenvalue weighted by atomic mass is 15.2. The molecule has 1 aliphatic heterocycles. The third-order valence-corrected chi connectivity index (χ3v) is 3.70. The van der Waals surface area contributed by atoms with E-state index < -0.39 is 0 Å². The van der Waals surface area contributed by atoms with Gasteiger partial charge in [0, 0.05) is 29.7 Å². The minimum absolute atomic E-state index is 0.366. The van der Waals surface area contributed by atoms with Gasteiger partial charge in [-0.2, -0.15) is 0 Å². The van der Waals surface area contributed by atoms with Crippen LogP contribution in [0.4, 0.5) is 5.69 Å². The van der Waals surface area contributed by atoms with Crippen LogP contribution in [0.25, 0.3) is 0 Å². The Morgan fingerprint density at radius 1 is 1.22 bits per heavy atom. The Labute approximate surface area is 108 Å². The molecule has 2 atom stereocenters. The molecule has 0 spiro atoms. The lowest BCUT2D eigenvalue weighted by Gasteiger charge is -2.29. The minimum atomic E-state index is 0.366. The smallest absolute Gasteiger partial charge is 0.0626 e. The molecule has 18 heavy (non-hydrogen) atoms. The van der Waals surface area contributed by atoms with Crippen LogP contribution in [0.3, 0.4) is 0 Å². The van der Waals surface area contributed by atoms with Crippen LogP contribution in [0.15, 0.2) is 72.8 Å². The average molecular weight is 236 g/mol. The zero-order valence-corrected chi connectivity index (χ0v) is 10.5. The van der Waals surface area contributed by atoms with Gasteiger partial charge in [0.15, 0.2) is 0 Å². The van der Waals surface area contributed by atoms with E-state index in [0.29, 0.717) is 12.0 Å². The van der Waals surface area contributed by atoms with Gasteiger partial charge in [-0.3, -0.25) is 4.98 Å². The summed E-state index contributed by atoms with van der Waals surface area (Å²) in [4.78, 5) is 6.45. The van der Waals surface area contributed by atoms with Crippen LogP contribution >= 0.6 is 0 Å². The van der Waals surface area contributed by atoms with Gasteiger partial charge in [0.25, 0.3) is 0 Å². The highest BCUT2D eigenvalue weighted by molar-refractivity contribution is 5.61. The highest BCUT2D eigenvalue weighted by Crippen LogP contribution is 2.40. The van der Waals surface area contributed by atoms with Crippen molar-refractivity contribution in [3.63, 3.8) is 0 Å². The van der Waals surface area contributed by atoms with Crippen LogP contribution in [-0.2, 0) is 0 Å². The number of hydrogen-bond donors (Lipinski definition) is 0. The molecule has 0 aromatic carbocycles. The number of hydrogen-bond acceptors (Lipinski definition) is 2. The fourth-order valence-electron chi connectivity index (χ4n) is 2.89. The molecule has 0 saturated heterocycles. The van der Waals surface area contributed by atoms with Crippen molar-refractivity contribution in [1.82, 2.24) is 4.98 Å². The number of aromatic nitrogens is 1. The van der Waals surface area contributed by atoms with E-state index in [0.717, 1.165) is 0 Å². The van der Waals surface area contributed by atoms with Gasteiger partial charge in [0.05, 0.1) is 6.04 Å². The predicted octanol–water partition coefficient (Wildman–Crippen LogP) is 3.47. The molecule has 1 aliphatic carbocycles. The van der Waals surface area contributed by atoms with E-state index in [9.17, 15) is 0 Å². The van der Waals surface area contributed by atoms with Crippen molar-refractivity contribution in [1.29, 1.82) is 0 Å². The number of fused-ring (bicyclic) bond motifs is 1. The number of allylic oxidation sites excluding steroid dienone is 4. The third kappa shape index (κ3) is 1.53. The Bertz CT molecular complexity index is 552. The molecule has 0 bridgehead atoms. The van der Waals surface area contributed by atoms with Crippen LogP contribution in [0.2, 0.25) is 0 Å². The first-order valence-electron chi connectivity index (χ1n) is 6.20. The zero-order valence-electron chi connectivity index (χ0n) is 10.5. The van der Waals surface area contributed by atoms with Gasteiger partial charge in [-0.15, -0.1) is 0 Å². The van der Waals surface area contributed by atoms with Crippen LogP contribution in [0, 0.1) is 5.92 Å². The normalized spacial score (nSPS) is 25.5. The summed E-state index contributed by atoms with van der Waals surface area (Å²) in [6, 6.07) is 4.47. The summed E-state index contributed by atoms with van der Waals surface area (Å²) in [5.74, 6) is 0.417. The molecule has 3 rings (SSSR count). The molecule has 0 amide bonds. The summed E-state index contributed by atoms with van der Waals surface area (Å²) >= 11 is 0. The van der Waals surface area contributed by atoms with Crippen molar-refractivity contribution >= 4 is 5.69 Å². The summed E-state index contributed by atoms with van der Waals surface area (Å²) < 4.78 is 0. The molecule has 90 valence electrons. The highest BCUT2D eigenvalue weighted by Gasteiger charge is 2.36. The number of rotatable bonds is 2. The van der Waals surface area contributed by atoms with Crippen molar-refractivity contribution in [3.8, 4) is 0 Å². The van der Waals surface area contributed by atoms with Crippen LogP contribution < -0.4 is 4.90 Å². The molecular formula is C16H16N2. The molecule has 2 aliphatic rings. The molecule has 1 aromatic heterocycles. The van der Waals surface area contributed by atoms with Crippen molar-refractivity contribution < 1.29 is 0 Å². The molecule has 2 heteroatoms. The molecule has 0 saturated carbocycles. The number of pyridine rings is 1. The monoisotopic (exact) mass is 236 g/mol. The van der Waals surface area contributed by atoms with Gasteiger partial charge in [-0.25, -0.2) is 0 Å². The van der Waals surface area contributed by atoms with Crippen molar-refractivity contribution in [2.45, 2.75) is 13.0 Å². The van der Waals surface area contributed by atoms with Crippen LogP contribution in [-0.4, -0.2) is 11.0 Å². The van der Waals surface area contributed by atoms with E-state index in [1.807, 2.05) is 18.5 Å². The predicted molar refractivity (Wildman–Crippen MR) is 75.2 cm³/mol. The number of nitrogens with zero attached hydrogens (tertiary/aromatic N) is 2. The maximum Gasteiger partial charge on any atom is 0.0626 e. The molecule has 2 unspecified atom stereocenters.